The lowest BCUT2D eigenvalue weighted by Gasteiger charge is -2.19. The number of aliphatic hydroxyl groups is 1. The molecular formula is C17H12F3NO4S2. The molecule has 0 saturated carbocycles. The lowest BCUT2D eigenvalue weighted by atomic mass is 9.85. The van der Waals surface area contributed by atoms with Crippen LogP contribution in [0.1, 0.15) is 29.4 Å². The second-order valence-electron chi connectivity index (χ2n) is 5.70. The van der Waals surface area contributed by atoms with Crippen molar-refractivity contribution >= 4 is 40.6 Å². The van der Waals surface area contributed by atoms with E-state index in [9.17, 15) is 27.9 Å². The summed E-state index contributed by atoms with van der Waals surface area (Å²) in [5.74, 6) is -6.42. The van der Waals surface area contributed by atoms with Crippen LogP contribution in [-0.4, -0.2) is 33.4 Å². The van der Waals surface area contributed by atoms with Gasteiger partial charge in [-0.1, -0.05) is 0 Å². The number of fused-ring (bicyclic) bond motifs is 1. The maximum absolute atomic E-state index is 14.2. The molecule has 0 spiro atoms. The fraction of sp³-hybridized carbons (Fsp3) is 0.235. The SMILES string of the molecule is CC1=C(CC(=O)O)C2=C(C(=O)c3ccc(SC(F)F)s3)C(O)=C(F)CC2=N1. The summed E-state index contributed by atoms with van der Waals surface area (Å²) >= 11 is 1.06. The normalized spacial score (nSPS) is 17.0. The van der Waals surface area contributed by atoms with Crippen LogP contribution in [0.2, 0.25) is 0 Å². The fourth-order valence-electron chi connectivity index (χ4n) is 2.89. The number of carboxylic acids is 1. The second kappa shape index (κ2) is 7.35. The quantitative estimate of drug-likeness (QED) is 0.510. The molecule has 2 heterocycles. The molecule has 10 heteroatoms. The van der Waals surface area contributed by atoms with E-state index in [1.165, 1.54) is 19.1 Å². The number of Topliss-reactive ketones (excluding diaryl/α,β-unsaturated/α-hetero) is 1. The van der Waals surface area contributed by atoms with E-state index in [0.29, 0.717) is 5.70 Å². The van der Waals surface area contributed by atoms with Gasteiger partial charge in [0.1, 0.15) is 5.83 Å². The first-order chi connectivity index (χ1) is 12.7. The van der Waals surface area contributed by atoms with Gasteiger partial charge in [0.2, 0.25) is 5.78 Å². The number of aliphatic carboxylic acids is 1. The molecule has 0 amide bonds. The second-order valence-corrected chi connectivity index (χ2v) is 8.07. The molecule has 1 aromatic heterocycles. The molecule has 5 nitrogen and oxygen atoms in total. The summed E-state index contributed by atoms with van der Waals surface area (Å²) in [6.45, 7) is 1.54. The number of aliphatic hydroxyl groups excluding tert-OH is 1. The van der Waals surface area contributed by atoms with Crippen LogP contribution >= 0.6 is 23.1 Å². The number of rotatable bonds is 6. The Kier molecular flexibility index (Phi) is 5.29. The highest BCUT2D eigenvalue weighted by Gasteiger charge is 2.37. The molecule has 142 valence electrons. The first-order valence-electron chi connectivity index (χ1n) is 7.60. The molecule has 0 unspecified atom stereocenters. The van der Waals surface area contributed by atoms with Crippen LogP contribution < -0.4 is 0 Å². The minimum Gasteiger partial charge on any atom is -0.505 e. The Labute approximate surface area is 159 Å². The van der Waals surface area contributed by atoms with E-state index >= 15 is 0 Å². The number of allylic oxidation sites excluding steroid dienone is 4. The van der Waals surface area contributed by atoms with Gasteiger partial charge in [0.05, 0.1) is 26.8 Å². The molecule has 2 aliphatic rings. The minimum atomic E-state index is -2.66. The Hall–Kier alpha value is -2.33. The zero-order valence-electron chi connectivity index (χ0n) is 13.8. The molecule has 1 aromatic rings. The summed E-state index contributed by atoms with van der Waals surface area (Å²) in [4.78, 5) is 28.2. The van der Waals surface area contributed by atoms with Crippen molar-refractivity contribution in [2.45, 2.75) is 29.7 Å². The molecule has 0 aromatic carbocycles. The molecule has 2 N–H and O–H groups in total. The Balaban J connectivity index is 2.10. The first-order valence-corrected chi connectivity index (χ1v) is 9.30. The van der Waals surface area contributed by atoms with Crippen LogP contribution in [0.3, 0.4) is 0 Å². The number of carbonyl (C=O) groups excluding carboxylic acids is 1. The van der Waals surface area contributed by atoms with Gasteiger partial charge in [-0.3, -0.25) is 14.6 Å². The number of carboxylic acid groups (broad SMARTS) is 1. The average Bonchev–Trinajstić information content (AvgIpc) is 3.13. The molecule has 0 saturated heterocycles. The smallest absolute Gasteiger partial charge is 0.307 e. The molecule has 0 fully saturated rings. The fourth-order valence-corrected chi connectivity index (χ4v) is 4.58. The number of thiophene rings is 1. The van der Waals surface area contributed by atoms with Crippen LogP contribution in [0, 0.1) is 0 Å². The van der Waals surface area contributed by atoms with E-state index < -0.39 is 35.5 Å². The predicted molar refractivity (Wildman–Crippen MR) is 95.3 cm³/mol. The van der Waals surface area contributed by atoms with E-state index in [-0.39, 0.29) is 49.7 Å². The number of ketones is 1. The summed E-state index contributed by atoms with van der Waals surface area (Å²) in [6.07, 6.45) is -0.800. The highest BCUT2D eigenvalue weighted by molar-refractivity contribution is 8.01. The number of aliphatic imine (C=N–C) groups is 1. The topological polar surface area (TPSA) is 87.0 Å². The van der Waals surface area contributed by atoms with Crippen molar-refractivity contribution in [3.8, 4) is 0 Å². The minimum absolute atomic E-state index is 0.0282. The van der Waals surface area contributed by atoms with Crippen LogP contribution in [0.5, 0.6) is 0 Å². The van der Waals surface area contributed by atoms with Gasteiger partial charge >= 0.3 is 5.97 Å². The molecule has 0 bridgehead atoms. The Morgan fingerprint density at radius 1 is 1.37 bits per heavy atom. The number of halogens is 3. The van der Waals surface area contributed by atoms with Crippen LogP contribution in [-0.2, 0) is 4.79 Å². The maximum atomic E-state index is 14.2. The van der Waals surface area contributed by atoms with E-state index in [2.05, 4.69) is 4.99 Å². The molecular weight excluding hydrogens is 403 g/mol. The zero-order valence-corrected chi connectivity index (χ0v) is 15.4. The third-order valence-corrected chi connectivity index (χ3v) is 5.93. The van der Waals surface area contributed by atoms with Crippen molar-refractivity contribution in [3.05, 3.63) is 51.0 Å². The van der Waals surface area contributed by atoms with Gasteiger partial charge in [-0.05, 0) is 36.4 Å². The Bertz CT molecular complexity index is 973. The van der Waals surface area contributed by atoms with Gasteiger partial charge < -0.3 is 10.2 Å². The molecule has 3 rings (SSSR count). The highest BCUT2D eigenvalue weighted by atomic mass is 32.2. The number of hydrogen-bond donors (Lipinski definition) is 2. The first kappa shape index (κ1) is 19.4. The molecule has 1 aliphatic heterocycles. The van der Waals surface area contributed by atoms with E-state index in [1.807, 2.05) is 0 Å². The van der Waals surface area contributed by atoms with E-state index in [0.717, 1.165) is 11.3 Å². The summed E-state index contributed by atoms with van der Waals surface area (Å²) in [5, 5.41) is 19.3. The van der Waals surface area contributed by atoms with Gasteiger partial charge in [0.15, 0.2) is 5.76 Å². The zero-order chi connectivity index (χ0) is 19.9. The standard InChI is InChI=1S/C17H12F3NO4S2/c1-6-7(4-11(22)23)13-9(21-6)5-8(18)15(24)14(13)16(25)10-2-3-12(26-10)27-17(19)20/h2-3,17,24H,4-5H2,1H3,(H,22,23). The molecule has 0 atom stereocenters. The van der Waals surface area contributed by atoms with Crippen molar-refractivity contribution in [2.24, 2.45) is 4.99 Å². The lowest BCUT2D eigenvalue weighted by Crippen LogP contribution is -2.19. The third-order valence-electron chi connectivity index (χ3n) is 3.96. The van der Waals surface area contributed by atoms with Crippen LogP contribution in [0.25, 0.3) is 0 Å². The van der Waals surface area contributed by atoms with Gasteiger partial charge in [0.25, 0.3) is 5.76 Å². The van der Waals surface area contributed by atoms with Crippen molar-refractivity contribution in [1.82, 2.24) is 0 Å². The lowest BCUT2D eigenvalue weighted by molar-refractivity contribution is -0.136. The molecule has 1 aliphatic carbocycles. The number of thioether (sulfide) groups is 1. The number of hydrogen-bond acceptors (Lipinski definition) is 6. The average molecular weight is 415 g/mol. The van der Waals surface area contributed by atoms with Crippen molar-refractivity contribution < 1.29 is 33.0 Å². The number of carbonyl (C=O) groups is 2. The van der Waals surface area contributed by atoms with Gasteiger partial charge in [-0.15, -0.1) is 11.3 Å². The summed E-state index contributed by atoms with van der Waals surface area (Å²) in [5.41, 5.74) is 0.436. The Morgan fingerprint density at radius 2 is 2.07 bits per heavy atom. The highest BCUT2D eigenvalue weighted by Crippen LogP contribution is 2.41. The molecule has 27 heavy (non-hydrogen) atoms. The van der Waals surface area contributed by atoms with E-state index in [4.69, 9.17) is 5.11 Å². The van der Waals surface area contributed by atoms with E-state index in [1.54, 1.807) is 0 Å². The molecule has 0 radical (unpaired) electrons. The van der Waals surface area contributed by atoms with Gasteiger partial charge in [-0.2, -0.15) is 8.78 Å². The van der Waals surface area contributed by atoms with Crippen LogP contribution in [0.4, 0.5) is 13.2 Å². The van der Waals surface area contributed by atoms with Crippen LogP contribution in [0.15, 0.2) is 55.3 Å². The monoisotopic (exact) mass is 415 g/mol. The predicted octanol–water partition coefficient (Wildman–Crippen LogP) is 4.89. The summed E-state index contributed by atoms with van der Waals surface area (Å²) < 4.78 is 39.3. The Morgan fingerprint density at radius 3 is 2.70 bits per heavy atom. The van der Waals surface area contributed by atoms with Gasteiger partial charge in [-0.25, -0.2) is 4.39 Å². The van der Waals surface area contributed by atoms with Crippen molar-refractivity contribution in [2.75, 3.05) is 0 Å². The van der Waals surface area contributed by atoms with Crippen molar-refractivity contribution in [1.29, 1.82) is 0 Å². The summed E-state index contributed by atoms with van der Waals surface area (Å²) in [6, 6.07) is 2.65. The number of nitrogens with zero attached hydrogens (tertiary/aromatic N) is 1. The third kappa shape index (κ3) is 3.72. The van der Waals surface area contributed by atoms with Gasteiger partial charge in [0, 0.05) is 17.7 Å². The largest absolute Gasteiger partial charge is 0.505 e. The summed E-state index contributed by atoms with van der Waals surface area (Å²) in [7, 11) is 0. The number of alkyl halides is 2. The maximum Gasteiger partial charge on any atom is 0.307 e. The van der Waals surface area contributed by atoms with Crippen molar-refractivity contribution in [3.63, 3.8) is 0 Å².